The van der Waals surface area contributed by atoms with Crippen molar-refractivity contribution in [3.05, 3.63) is 46.4 Å². The quantitative estimate of drug-likeness (QED) is 0.725. The average molecular weight is 287 g/mol. The van der Waals surface area contributed by atoms with Crippen LogP contribution >= 0.6 is 11.6 Å². The Morgan fingerprint density at radius 1 is 1.11 bits per heavy atom. The highest BCUT2D eigenvalue weighted by Crippen LogP contribution is 2.33. The van der Waals surface area contributed by atoms with Crippen molar-refractivity contribution < 1.29 is 13.2 Å². The van der Waals surface area contributed by atoms with Crippen molar-refractivity contribution in [2.75, 3.05) is 0 Å². The molecule has 2 aromatic rings. The summed E-state index contributed by atoms with van der Waals surface area (Å²) in [7, 11) is 0. The largest absolute Gasteiger partial charge is 0.416 e. The summed E-state index contributed by atoms with van der Waals surface area (Å²) in [6.45, 7) is 3.32. The zero-order valence-corrected chi connectivity index (χ0v) is 11.0. The minimum atomic E-state index is -4.38. The minimum absolute atomic E-state index is 0.250. The van der Waals surface area contributed by atoms with Gasteiger partial charge in [0, 0.05) is 11.1 Å². The van der Waals surface area contributed by atoms with Gasteiger partial charge in [0.25, 0.3) is 0 Å². The lowest BCUT2D eigenvalue weighted by molar-refractivity contribution is -0.137. The van der Waals surface area contributed by atoms with Crippen LogP contribution in [-0.2, 0) is 6.18 Å². The molecule has 100 valence electrons. The predicted octanol–water partition coefficient (Wildman–Crippen LogP) is 4.43. The van der Waals surface area contributed by atoms with Crippen LogP contribution in [0.25, 0.3) is 11.3 Å². The van der Waals surface area contributed by atoms with E-state index in [4.69, 9.17) is 11.6 Å². The van der Waals surface area contributed by atoms with Gasteiger partial charge in [-0.3, -0.25) is 0 Å². The van der Waals surface area contributed by atoms with Crippen molar-refractivity contribution in [2.45, 2.75) is 20.0 Å². The van der Waals surface area contributed by atoms with Crippen LogP contribution in [0.5, 0.6) is 0 Å². The van der Waals surface area contributed by atoms with Crippen molar-refractivity contribution in [1.82, 2.24) is 9.97 Å². The summed E-state index contributed by atoms with van der Waals surface area (Å²) in [6, 6.07) is 5.00. The Morgan fingerprint density at radius 2 is 1.79 bits per heavy atom. The van der Waals surface area contributed by atoms with Gasteiger partial charge in [0.05, 0.1) is 11.3 Å². The first kappa shape index (κ1) is 13.8. The van der Waals surface area contributed by atoms with Gasteiger partial charge in [0.15, 0.2) is 0 Å². The molecule has 2 rings (SSSR count). The minimum Gasteiger partial charge on any atom is -0.233 e. The van der Waals surface area contributed by atoms with E-state index >= 15 is 0 Å². The van der Waals surface area contributed by atoms with Crippen molar-refractivity contribution in [2.24, 2.45) is 0 Å². The topological polar surface area (TPSA) is 25.8 Å². The van der Waals surface area contributed by atoms with Crippen molar-refractivity contribution in [1.29, 1.82) is 0 Å². The molecule has 0 aliphatic heterocycles. The van der Waals surface area contributed by atoms with E-state index in [1.807, 2.05) is 0 Å². The summed E-state index contributed by atoms with van der Waals surface area (Å²) in [4.78, 5) is 8.13. The van der Waals surface area contributed by atoms with Gasteiger partial charge < -0.3 is 0 Å². The summed E-state index contributed by atoms with van der Waals surface area (Å²) in [5.41, 5.74) is 0.645. The third-order valence-electron chi connectivity index (χ3n) is 2.66. The molecule has 0 saturated heterocycles. The van der Waals surface area contributed by atoms with Crippen LogP contribution in [-0.4, -0.2) is 9.97 Å². The van der Waals surface area contributed by atoms with E-state index in [2.05, 4.69) is 9.97 Å². The lowest BCUT2D eigenvalue weighted by Gasteiger charge is -2.11. The van der Waals surface area contributed by atoms with Gasteiger partial charge >= 0.3 is 6.18 Å². The second kappa shape index (κ2) is 4.81. The van der Waals surface area contributed by atoms with Crippen molar-refractivity contribution in [3.63, 3.8) is 0 Å². The zero-order valence-electron chi connectivity index (χ0n) is 10.2. The first-order valence-electron chi connectivity index (χ1n) is 5.47. The van der Waals surface area contributed by atoms with E-state index in [1.165, 1.54) is 6.07 Å². The fraction of sp³-hybridized carbons (Fsp3) is 0.231. The molecule has 19 heavy (non-hydrogen) atoms. The lowest BCUT2D eigenvalue weighted by Crippen LogP contribution is -2.05. The van der Waals surface area contributed by atoms with Crippen LogP contribution in [0.4, 0.5) is 13.2 Å². The first-order valence-corrected chi connectivity index (χ1v) is 5.85. The second-order valence-corrected chi connectivity index (χ2v) is 4.47. The van der Waals surface area contributed by atoms with E-state index in [-0.39, 0.29) is 5.15 Å². The monoisotopic (exact) mass is 286 g/mol. The number of halogens is 4. The molecule has 0 saturated carbocycles. The summed E-state index contributed by atoms with van der Waals surface area (Å²) in [5, 5.41) is 0.250. The number of aromatic nitrogens is 2. The van der Waals surface area contributed by atoms with Crippen LogP contribution in [0.1, 0.15) is 17.0 Å². The van der Waals surface area contributed by atoms with Gasteiger partial charge in [0.2, 0.25) is 0 Å². The van der Waals surface area contributed by atoms with Gasteiger partial charge in [0.1, 0.15) is 11.0 Å². The van der Waals surface area contributed by atoms with Gasteiger partial charge in [-0.2, -0.15) is 13.2 Å². The Morgan fingerprint density at radius 3 is 2.42 bits per heavy atom. The lowest BCUT2D eigenvalue weighted by atomic mass is 10.0. The maximum absolute atomic E-state index is 12.7. The van der Waals surface area contributed by atoms with E-state index in [0.29, 0.717) is 22.6 Å². The van der Waals surface area contributed by atoms with Crippen LogP contribution in [0, 0.1) is 13.8 Å². The number of rotatable bonds is 1. The highest BCUT2D eigenvalue weighted by molar-refractivity contribution is 6.30. The number of hydrogen-bond donors (Lipinski definition) is 0. The molecule has 0 radical (unpaired) electrons. The molecule has 0 bridgehead atoms. The van der Waals surface area contributed by atoms with Crippen LogP contribution in [0.3, 0.4) is 0 Å². The Labute approximate surface area is 113 Å². The van der Waals surface area contributed by atoms with Crippen LogP contribution in [0.2, 0.25) is 5.15 Å². The second-order valence-electron chi connectivity index (χ2n) is 4.11. The summed E-state index contributed by atoms with van der Waals surface area (Å²) in [6.07, 6.45) is -4.38. The van der Waals surface area contributed by atoms with E-state index < -0.39 is 11.7 Å². The Bertz CT molecular complexity index is 624. The molecule has 0 amide bonds. The molecule has 1 aromatic carbocycles. The van der Waals surface area contributed by atoms with Gasteiger partial charge in [-0.25, -0.2) is 9.97 Å². The third kappa shape index (κ3) is 2.87. The predicted molar refractivity (Wildman–Crippen MR) is 67.0 cm³/mol. The fourth-order valence-electron chi connectivity index (χ4n) is 1.72. The van der Waals surface area contributed by atoms with E-state index in [1.54, 1.807) is 19.9 Å². The molecule has 0 N–H and O–H groups in total. The van der Waals surface area contributed by atoms with Gasteiger partial charge in [-0.1, -0.05) is 23.7 Å². The number of benzene rings is 1. The summed E-state index contributed by atoms with van der Waals surface area (Å²) in [5.74, 6) is 0.419. The molecular formula is C13H10ClF3N2. The number of nitrogens with zero attached hydrogens (tertiary/aromatic N) is 2. The fourth-order valence-corrected chi connectivity index (χ4v) is 1.93. The van der Waals surface area contributed by atoms with E-state index in [9.17, 15) is 13.2 Å². The SMILES string of the molecule is Cc1nc(Cl)c(C)c(-c2cccc(C(F)(F)F)c2)n1. The van der Waals surface area contributed by atoms with Crippen molar-refractivity contribution in [3.8, 4) is 11.3 Å². The smallest absolute Gasteiger partial charge is 0.233 e. The molecule has 0 aliphatic carbocycles. The first-order chi connectivity index (χ1) is 8.79. The molecule has 1 heterocycles. The van der Waals surface area contributed by atoms with Crippen LogP contribution in [0.15, 0.2) is 24.3 Å². The average Bonchev–Trinajstić information content (AvgIpc) is 2.33. The zero-order chi connectivity index (χ0) is 14.2. The molecule has 0 spiro atoms. The molecule has 0 unspecified atom stereocenters. The molecule has 0 fully saturated rings. The van der Waals surface area contributed by atoms with Gasteiger partial charge in [-0.15, -0.1) is 0 Å². The third-order valence-corrected chi connectivity index (χ3v) is 3.03. The maximum atomic E-state index is 12.7. The molecular weight excluding hydrogens is 277 g/mol. The molecule has 6 heteroatoms. The van der Waals surface area contributed by atoms with Gasteiger partial charge in [-0.05, 0) is 26.0 Å². The maximum Gasteiger partial charge on any atom is 0.416 e. The van der Waals surface area contributed by atoms with Crippen LogP contribution < -0.4 is 0 Å². The molecule has 1 aromatic heterocycles. The summed E-state index contributed by atoms with van der Waals surface area (Å²) < 4.78 is 38.1. The molecule has 0 atom stereocenters. The summed E-state index contributed by atoms with van der Waals surface area (Å²) >= 11 is 5.93. The standard InChI is InChI=1S/C13H10ClF3N2/c1-7-11(18-8(2)19-12(7)14)9-4-3-5-10(6-9)13(15,16)17/h3-6H,1-2H3. The highest BCUT2D eigenvalue weighted by Gasteiger charge is 2.30. The normalized spacial score (nSPS) is 11.7. The Balaban J connectivity index is 2.60. The van der Waals surface area contributed by atoms with E-state index in [0.717, 1.165) is 12.1 Å². The number of alkyl halides is 3. The number of aryl methyl sites for hydroxylation is 1. The molecule has 0 aliphatic rings. The highest BCUT2D eigenvalue weighted by atomic mass is 35.5. The Hall–Kier alpha value is -1.62. The number of hydrogen-bond acceptors (Lipinski definition) is 2. The Kier molecular flexibility index (Phi) is 3.49. The van der Waals surface area contributed by atoms with Crippen molar-refractivity contribution >= 4 is 11.6 Å². The molecule has 2 nitrogen and oxygen atoms in total.